The van der Waals surface area contributed by atoms with Gasteiger partial charge in [-0.2, -0.15) is 0 Å². The molecule has 1 saturated heterocycles. The molecule has 0 bridgehead atoms. The first-order valence-electron chi connectivity index (χ1n) is 10.5. The number of fused-ring (bicyclic) bond motifs is 1. The Morgan fingerprint density at radius 3 is 2.42 bits per heavy atom. The van der Waals surface area contributed by atoms with Gasteiger partial charge in [0.1, 0.15) is 40.9 Å². The van der Waals surface area contributed by atoms with Gasteiger partial charge < -0.3 is 19.5 Å². The maximum absolute atomic E-state index is 13.0. The van der Waals surface area contributed by atoms with Crippen molar-refractivity contribution in [3.8, 4) is 5.75 Å². The van der Waals surface area contributed by atoms with Gasteiger partial charge in [-0.15, -0.1) is 11.8 Å². The SMILES string of the molecule is COc1ccc(COC(=O)C2=C(CC(C)=O)CSC3C(NC(=O)OC(C)(C)C)C(=O)N23)cc1. The number of nitrogens with zero attached hydrogens (tertiary/aromatic N) is 1. The minimum atomic E-state index is -0.826. The van der Waals surface area contributed by atoms with E-state index in [9.17, 15) is 19.2 Å². The number of thioether (sulfide) groups is 1. The first kappa shape index (κ1) is 24.6. The minimum absolute atomic E-state index is 0.000887. The summed E-state index contributed by atoms with van der Waals surface area (Å²) < 4.78 is 15.8. The summed E-state index contributed by atoms with van der Waals surface area (Å²) in [5.41, 5.74) is 0.655. The first-order valence-corrected chi connectivity index (χ1v) is 11.5. The van der Waals surface area contributed by atoms with Crippen LogP contribution in [0.15, 0.2) is 35.5 Å². The van der Waals surface area contributed by atoms with E-state index >= 15 is 0 Å². The number of ether oxygens (including phenoxy) is 3. The maximum atomic E-state index is 13.0. The third-order valence-corrected chi connectivity index (χ3v) is 6.24. The fourth-order valence-electron chi connectivity index (χ4n) is 3.48. The van der Waals surface area contributed by atoms with Crippen molar-refractivity contribution >= 4 is 35.5 Å². The number of benzene rings is 1. The molecule has 9 nitrogen and oxygen atoms in total. The molecule has 1 aromatic rings. The van der Waals surface area contributed by atoms with E-state index in [0.717, 1.165) is 5.56 Å². The molecule has 10 heteroatoms. The molecule has 1 fully saturated rings. The van der Waals surface area contributed by atoms with Gasteiger partial charge in [-0.3, -0.25) is 14.5 Å². The predicted molar refractivity (Wildman–Crippen MR) is 121 cm³/mol. The Balaban J connectivity index is 1.74. The summed E-state index contributed by atoms with van der Waals surface area (Å²) in [6.07, 6.45) is -0.663. The Hall–Kier alpha value is -3.01. The smallest absolute Gasteiger partial charge is 0.408 e. The lowest BCUT2D eigenvalue weighted by atomic mass is 10.0. The lowest BCUT2D eigenvalue weighted by Gasteiger charge is -2.49. The summed E-state index contributed by atoms with van der Waals surface area (Å²) in [6, 6.07) is 6.22. The van der Waals surface area contributed by atoms with E-state index in [0.29, 0.717) is 17.1 Å². The van der Waals surface area contributed by atoms with Gasteiger partial charge in [0.15, 0.2) is 0 Å². The van der Waals surface area contributed by atoms with Gasteiger partial charge >= 0.3 is 12.1 Å². The molecule has 2 aliphatic heterocycles. The monoisotopic (exact) mass is 476 g/mol. The standard InChI is InChI=1S/C23H28N2O7S/c1-13(26)10-15-12-33-20-17(24-22(29)32-23(2,3)4)19(27)25(20)18(15)21(28)31-11-14-6-8-16(30-5)9-7-14/h6-9,17,20H,10-12H2,1-5H3,(H,24,29). The van der Waals surface area contributed by atoms with Crippen LogP contribution in [-0.4, -0.2) is 58.5 Å². The average Bonchev–Trinajstić information content (AvgIpc) is 2.74. The molecule has 0 aromatic heterocycles. The maximum Gasteiger partial charge on any atom is 0.408 e. The molecular formula is C23H28N2O7S. The van der Waals surface area contributed by atoms with Gasteiger partial charge in [-0.05, 0) is 51.0 Å². The first-order chi connectivity index (χ1) is 15.5. The number of hydrogen-bond acceptors (Lipinski definition) is 8. The van der Waals surface area contributed by atoms with Crippen LogP contribution in [0.4, 0.5) is 4.79 Å². The number of alkyl carbamates (subject to hydrolysis) is 1. The van der Waals surface area contributed by atoms with E-state index in [4.69, 9.17) is 14.2 Å². The number of nitrogens with one attached hydrogen (secondary N) is 1. The van der Waals surface area contributed by atoms with Crippen LogP contribution in [-0.2, 0) is 30.5 Å². The average molecular weight is 477 g/mol. The van der Waals surface area contributed by atoms with Crippen LogP contribution in [0.3, 0.4) is 0 Å². The molecule has 2 aliphatic rings. The molecule has 2 heterocycles. The zero-order valence-corrected chi connectivity index (χ0v) is 20.1. The van der Waals surface area contributed by atoms with Crippen molar-refractivity contribution in [3.05, 3.63) is 41.1 Å². The quantitative estimate of drug-likeness (QED) is 0.472. The molecule has 1 aromatic carbocycles. The Bertz CT molecular complexity index is 982. The summed E-state index contributed by atoms with van der Waals surface area (Å²) in [6.45, 7) is 6.60. The van der Waals surface area contributed by atoms with Crippen LogP contribution < -0.4 is 10.1 Å². The van der Waals surface area contributed by atoms with Crippen molar-refractivity contribution in [2.24, 2.45) is 0 Å². The second-order valence-electron chi connectivity index (χ2n) is 8.79. The van der Waals surface area contributed by atoms with Crippen LogP contribution in [0.25, 0.3) is 0 Å². The molecule has 2 unspecified atom stereocenters. The van der Waals surface area contributed by atoms with E-state index < -0.39 is 35.0 Å². The number of carbonyl (C=O) groups excluding carboxylic acids is 4. The number of hydrogen-bond donors (Lipinski definition) is 1. The van der Waals surface area contributed by atoms with Crippen molar-refractivity contribution in [2.75, 3.05) is 12.9 Å². The second kappa shape index (κ2) is 9.86. The highest BCUT2D eigenvalue weighted by molar-refractivity contribution is 8.00. The highest BCUT2D eigenvalue weighted by atomic mass is 32.2. The molecule has 178 valence electrons. The van der Waals surface area contributed by atoms with Crippen molar-refractivity contribution in [1.29, 1.82) is 0 Å². The van der Waals surface area contributed by atoms with Gasteiger partial charge in [0, 0.05) is 12.2 Å². The molecular weight excluding hydrogens is 448 g/mol. The van der Waals surface area contributed by atoms with Gasteiger partial charge in [0.25, 0.3) is 5.91 Å². The lowest BCUT2D eigenvalue weighted by molar-refractivity contribution is -0.152. The van der Waals surface area contributed by atoms with Gasteiger partial charge in [0.2, 0.25) is 0 Å². The fraction of sp³-hybridized carbons (Fsp3) is 0.478. The molecule has 2 atom stereocenters. The zero-order valence-electron chi connectivity index (χ0n) is 19.3. The molecule has 0 spiro atoms. The van der Waals surface area contributed by atoms with Crippen molar-refractivity contribution in [2.45, 2.75) is 57.7 Å². The summed E-state index contributed by atoms with van der Waals surface area (Å²) in [7, 11) is 1.56. The summed E-state index contributed by atoms with van der Waals surface area (Å²) in [5, 5.41) is 2.10. The van der Waals surface area contributed by atoms with E-state index in [-0.39, 0.29) is 24.5 Å². The third-order valence-electron chi connectivity index (χ3n) is 4.90. The molecule has 33 heavy (non-hydrogen) atoms. The highest BCUT2D eigenvalue weighted by Gasteiger charge is 2.54. The van der Waals surface area contributed by atoms with Crippen LogP contribution in [0.2, 0.25) is 0 Å². The van der Waals surface area contributed by atoms with Crippen LogP contribution >= 0.6 is 11.8 Å². The molecule has 2 amide bonds. The number of Topliss-reactive ketones (excluding diaryl/α,β-unsaturated/α-hetero) is 1. The van der Waals surface area contributed by atoms with Crippen LogP contribution in [0.5, 0.6) is 5.75 Å². The van der Waals surface area contributed by atoms with E-state index in [2.05, 4.69) is 5.32 Å². The Morgan fingerprint density at radius 1 is 1.18 bits per heavy atom. The normalized spacial score (nSPS) is 19.9. The van der Waals surface area contributed by atoms with Crippen LogP contribution in [0.1, 0.15) is 39.7 Å². The van der Waals surface area contributed by atoms with Crippen LogP contribution in [0, 0.1) is 0 Å². The van der Waals surface area contributed by atoms with E-state index in [1.165, 1.54) is 23.6 Å². The molecule has 1 N–H and O–H groups in total. The van der Waals surface area contributed by atoms with Gasteiger partial charge in [-0.1, -0.05) is 12.1 Å². The number of esters is 1. The third kappa shape index (κ3) is 5.87. The van der Waals surface area contributed by atoms with Gasteiger partial charge in [-0.25, -0.2) is 9.59 Å². The zero-order chi connectivity index (χ0) is 24.3. The van der Waals surface area contributed by atoms with Crippen molar-refractivity contribution < 1.29 is 33.4 Å². The summed E-state index contributed by atoms with van der Waals surface area (Å²) in [5.74, 6) is -0.209. The van der Waals surface area contributed by atoms with E-state index in [1.54, 1.807) is 52.1 Å². The molecule has 0 radical (unpaired) electrons. The predicted octanol–water partition coefficient (Wildman–Crippen LogP) is 2.78. The van der Waals surface area contributed by atoms with Crippen molar-refractivity contribution in [1.82, 2.24) is 10.2 Å². The Labute approximate surface area is 196 Å². The Morgan fingerprint density at radius 2 is 1.85 bits per heavy atom. The number of amides is 2. The molecule has 3 rings (SSSR count). The Kier molecular flexibility index (Phi) is 7.36. The summed E-state index contributed by atoms with van der Waals surface area (Å²) >= 11 is 1.38. The molecule has 0 saturated carbocycles. The highest BCUT2D eigenvalue weighted by Crippen LogP contribution is 2.41. The van der Waals surface area contributed by atoms with E-state index in [1.807, 2.05) is 0 Å². The van der Waals surface area contributed by atoms with Crippen molar-refractivity contribution in [3.63, 3.8) is 0 Å². The number of β-lactam (4-membered cyclic amide) rings is 1. The number of rotatable bonds is 7. The fourth-order valence-corrected chi connectivity index (χ4v) is 4.83. The van der Waals surface area contributed by atoms with Gasteiger partial charge in [0.05, 0.1) is 7.11 Å². The topological polar surface area (TPSA) is 111 Å². The molecule has 0 aliphatic carbocycles. The lowest BCUT2D eigenvalue weighted by Crippen LogP contribution is -2.70. The number of methoxy groups -OCH3 is 1. The summed E-state index contributed by atoms with van der Waals surface area (Å²) in [4.78, 5) is 51.1. The largest absolute Gasteiger partial charge is 0.497 e. The number of ketones is 1. The second-order valence-corrected chi connectivity index (χ2v) is 9.89. The minimum Gasteiger partial charge on any atom is -0.497 e. The number of carbonyl (C=O) groups is 4.